The topological polar surface area (TPSA) is 72.8 Å². The van der Waals surface area contributed by atoms with Crippen LogP contribution < -0.4 is 4.74 Å². The van der Waals surface area contributed by atoms with Crippen LogP contribution in [0.4, 0.5) is 0 Å². The Labute approximate surface area is 115 Å². The van der Waals surface area contributed by atoms with Gasteiger partial charge in [0.25, 0.3) is 10.1 Å². The molecule has 1 N–H and O–H groups in total. The van der Waals surface area contributed by atoms with Crippen LogP contribution in [0.15, 0.2) is 16.6 Å². The van der Waals surface area contributed by atoms with Crippen molar-refractivity contribution in [3.63, 3.8) is 0 Å². The zero-order valence-corrected chi connectivity index (χ0v) is 12.5. The van der Waals surface area contributed by atoms with E-state index in [0.717, 1.165) is 10.0 Å². The van der Waals surface area contributed by atoms with Gasteiger partial charge in [0.05, 0.1) is 5.75 Å². The molecular formula is C11H15BrO5S. The molecule has 1 rings (SSSR count). The van der Waals surface area contributed by atoms with E-state index >= 15 is 0 Å². The van der Waals surface area contributed by atoms with Crippen molar-refractivity contribution in [3.8, 4) is 5.75 Å². The number of hydrogen-bond donors (Lipinski definition) is 1. The molecule has 0 aliphatic heterocycles. The molecule has 0 unspecified atom stereocenters. The third-order valence-corrected chi connectivity index (χ3v) is 3.95. The SMILES string of the molecule is COCOc1c(CCS(=O)(=O)O)ccc(Br)c1C. The van der Waals surface area contributed by atoms with Crippen molar-refractivity contribution in [2.45, 2.75) is 13.3 Å². The lowest BCUT2D eigenvalue weighted by molar-refractivity contribution is 0.0499. The molecule has 1 aromatic rings. The van der Waals surface area contributed by atoms with Gasteiger partial charge in [-0.1, -0.05) is 22.0 Å². The second-order valence-corrected chi connectivity index (χ2v) is 6.17. The maximum absolute atomic E-state index is 10.8. The Kier molecular flexibility index (Phi) is 5.58. The van der Waals surface area contributed by atoms with E-state index in [2.05, 4.69) is 15.9 Å². The molecule has 0 fully saturated rings. The normalized spacial score (nSPS) is 11.6. The van der Waals surface area contributed by atoms with E-state index in [4.69, 9.17) is 14.0 Å². The summed E-state index contributed by atoms with van der Waals surface area (Å²) in [6.07, 6.45) is 0.187. The molecular weight excluding hydrogens is 324 g/mol. The van der Waals surface area contributed by atoms with Gasteiger partial charge in [0, 0.05) is 17.1 Å². The Morgan fingerprint density at radius 3 is 2.61 bits per heavy atom. The maximum Gasteiger partial charge on any atom is 0.265 e. The molecule has 0 aliphatic rings. The molecule has 0 radical (unpaired) electrons. The predicted molar refractivity (Wildman–Crippen MR) is 71.5 cm³/mol. The number of rotatable bonds is 6. The third kappa shape index (κ3) is 4.56. The summed E-state index contributed by atoms with van der Waals surface area (Å²) in [5, 5.41) is 0. The Bertz CT molecular complexity index is 512. The summed E-state index contributed by atoms with van der Waals surface area (Å²) < 4.78 is 41.4. The highest BCUT2D eigenvalue weighted by Gasteiger charge is 2.13. The number of benzene rings is 1. The lowest BCUT2D eigenvalue weighted by Crippen LogP contribution is -2.09. The molecule has 0 aromatic heterocycles. The minimum Gasteiger partial charge on any atom is -0.467 e. The molecule has 0 atom stereocenters. The number of ether oxygens (including phenoxy) is 2. The second kappa shape index (κ2) is 6.51. The Hall–Kier alpha value is -0.630. The highest BCUT2D eigenvalue weighted by atomic mass is 79.9. The second-order valence-electron chi connectivity index (χ2n) is 3.75. The molecule has 5 nitrogen and oxygen atoms in total. The van der Waals surface area contributed by atoms with Gasteiger partial charge in [0.15, 0.2) is 6.79 Å². The largest absolute Gasteiger partial charge is 0.467 e. The molecule has 0 amide bonds. The maximum atomic E-state index is 10.8. The van der Waals surface area contributed by atoms with Gasteiger partial charge in [-0.3, -0.25) is 4.55 Å². The zero-order valence-electron chi connectivity index (χ0n) is 10.1. The van der Waals surface area contributed by atoms with Gasteiger partial charge < -0.3 is 9.47 Å². The van der Waals surface area contributed by atoms with E-state index in [-0.39, 0.29) is 19.0 Å². The summed E-state index contributed by atoms with van der Waals surface area (Å²) in [5.74, 6) is 0.243. The van der Waals surface area contributed by atoms with Crippen LogP contribution >= 0.6 is 15.9 Å². The van der Waals surface area contributed by atoms with Gasteiger partial charge in [-0.15, -0.1) is 0 Å². The van der Waals surface area contributed by atoms with E-state index < -0.39 is 10.1 Å². The van der Waals surface area contributed by atoms with Crippen LogP contribution in [0.2, 0.25) is 0 Å². The Morgan fingerprint density at radius 1 is 1.39 bits per heavy atom. The number of halogens is 1. The summed E-state index contributed by atoms with van der Waals surface area (Å²) in [6, 6.07) is 3.57. The first-order valence-corrected chi connectivity index (χ1v) is 7.60. The monoisotopic (exact) mass is 338 g/mol. The van der Waals surface area contributed by atoms with Crippen LogP contribution in [0.5, 0.6) is 5.75 Å². The highest BCUT2D eigenvalue weighted by Crippen LogP contribution is 2.30. The average Bonchev–Trinajstić information content (AvgIpc) is 2.28. The van der Waals surface area contributed by atoms with E-state index in [9.17, 15) is 8.42 Å². The van der Waals surface area contributed by atoms with E-state index in [1.54, 1.807) is 6.07 Å². The van der Waals surface area contributed by atoms with Crippen molar-refractivity contribution >= 4 is 26.0 Å². The van der Waals surface area contributed by atoms with Gasteiger partial charge in [0.2, 0.25) is 0 Å². The molecule has 0 saturated heterocycles. The first-order valence-electron chi connectivity index (χ1n) is 5.20. The van der Waals surface area contributed by atoms with Crippen molar-refractivity contribution in [2.75, 3.05) is 19.7 Å². The van der Waals surface area contributed by atoms with Crippen molar-refractivity contribution in [2.24, 2.45) is 0 Å². The summed E-state index contributed by atoms with van der Waals surface area (Å²) in [5.41, 5.74) is 1.57. The lowest BCUT2D eigenvalue weighted by atomic mass is 10.1. The van der Waals surface area contributed by atoms with Gasteiger partial charge in [-0.25, -0.2) is 0 Å². The number of methoxy groups -OCH3 is 1. The van der Waals surface area contributed by atoms with Crippen molar-refractivity contribution < 1.29 is 22.4 Å². The molecule has 0 saturated carbocycles. The smallest absolute Gasteiger partial charge is 0.265 e. The quantitative estimate of drug-likeness (QED) is 0.635. The summed E-state index contributed by atoms with van der Waals surface area (Å²) in [6.45, 7) is 1.93. The van der Waals surface area contributed by atoms with E-state index in [1.165, 1.54) is 7.11 Å². The Balaban J connectivity index is 2.99. The molecule has 1 aromatic carbocycles. The zero-order chi connectivity index (χ0) is 13.8. The fourth-order valence-corrected chi connectivity index (χ4v) is 2.27. The molecule has 0 bridgehead atoms. The number of hydrogen-bond acceptors (Lipinski definition) is 4. The predicted octanol–water partition coefficient (Wildman–Crippen LogP) is 2.17. The van der Waals surface area contributed by atoms with Crippen LogP contribution in [0.25, 0.3) is 0 Å². The first kappa shape index (κ1) is 15.4. The molecule has 0 aliphatic carbocycles. The van der Waals surface area contributed by atoms with Crippen LogP contribution in [0.1, 0.15) is 11.1 Å². The summed E-state index contributed by atoms with van der Waals surface area (Å²) in [7, 11) is -2.48. The fourth-order valence-electron chi connectivity index (χ4n) is 1.48. The lowest BCUT2D eigenvalue weighted by Gasteiger charge is -2.14. The molecule has 102 valence electrons. The van der Waals surface area contributed by atoms with Crippen molar-refractivity contribution in [1.29, 1.82) is 0 Å². The van der Waals surface area contributed by atoms with Gasteiger partial charge in [0.1, 0.15) is 5.75 Å². The van der Waals surface area contributed by atoms with Crippen LogP contribution in [-0.2, 0) is 21.3 Å². The average molecular weight is 339 g/mol. The van der Waals surface area contributed by atoms with Gasteiger partial charge >= 0.3 is 0 Å². The third-order valence-electron chi connectivity index (χ3n) is 2.37. The fraction of sp³-hybridized carbons (Fsp3) is 0.455. The minimum atomic E-state index is -3.98. The highest BCUT2D eigenvalue weighted by molar-refractivity contribution is 9.10. The molecule has 0 spiro atoms. The molecule has 7 heteroatoms. The Morgan fingerprint density at radius 2 is 2.06 bits per heavy atom. The summed E-state index contributed by atoms with van der Waals surface area (Å²) >= 11 is 3.37. The van der Waals surface area contributed by atoms with Crippen LogP contribution in [0, 0.1) is 6.92 Å². The standard InChI is InChI=1S/C11H15BrO5S/c1-8-10(12)4-3-9(5-6-18(13,14)15)11(8)17-7-16-2/h3-4H,5-7H2,1-2H3,(H,13,14,15). The van der Waals surface area contributed by atoms with Crippen molar-refractivity contribution in [3.05, 3.63) is 27.7 Å². The van der Waals surface area contributed by atoms with E-state index in [1.807, 2.05) is 13.0 Å². The number of aryl methyl sites for hydroxylation is 1. The van der Waals surface area contributed by atoms with Gasteiger partial charge in [-0.2, -0.15) is 8.42 Å². The minimum absolute atomic E-state index is 0.0795. The van der Waals surface area contributed by atoms with Crippen LogP contribution in [-0.4, -0.2) is 32.6 Å². The molecule has 0 heterocycles. The van der Waals surface area contributed by atoms with Crippen molar-refractivity contribution in [1.82, 2.24) is 0 Å². The summed E-state index contributed by atoms with van der Waals surface area (Å²) in [4.78, 5) is 0. The van der Waals surface area contributed by atoms with Crippen LogP contribution in [0.3, 0.4) is 0 Å². The molecule has 18 heavy (non-hydrogen) atoms. The first-order chi connectivity index (χ1) is 8.35. The van der Waals surface area contributed by atoms with E-state index in [0.29, 0.717) is 11.3 Å². The van der Waals surface area contributed by atoms with Gasteiger partial charge in [-0.05, 0) is 25.0 Å².